The summed E-state index contributed by atoms with van der Waals surface area (Å²) in [5.74, 6) is 4.52. The second kappa shape index (κ2) is 9.44. The highest BCUT2D eigenvalue weighted by atomic mass is 16.7. The summed E-state index contributed by atoms with van der Waals surface area (Å²) in [4.78, 5) is 12.8. The van der Waals surface area contributed by atoms with Gasteiger partial charge in [-0.3, -0.25) is 4.79 Å². The lowest BCUT2D eigenvalue weighted by molar-refractivity contribution is -0.174. The van der Waals surface area contributed by atoms with Gasteiger partial charge >= 0.3 is 0 Å². The fourth-order valence-corrected chi connectivity index (χ4v) is 9.93. The van der Waals surface area contributed by atoms with E-state index in [9.17, 15) is 15.0 Å². The van der Waals surface area contributed by atoms with E-state index in [-0.39, 0.29) is 35.7 Å². The Morgan fingerprint density at radius 3 is 2.62 bits per heavy atom. The van der Waals surface area contributed by atoms with Crippen molar-refractivity contribution in [2.45, 2.75) is 97.2 Å². The first-order chi connectivity index (χ1) is 17.7. The topological polar surface area (TPSA) is 88.0 Å². The Morgan fingerprint density at radius 2 is 1.78 bits per heavy atom. The molecule has 5 aliphatic rings. The highest BCUT2D eigenvalue weighted by Gasteiger charge is 2.62. The predicted molar refractivity (Wildman–Crippen MR) is 142 cm³/mol. The molecule has 1 aromatic carbocycles. The molecule has 0 bridgehead atoms. The van der Waals surface area contributed by atoms with Crippen LogP contribution in [0, 0.1) is 46.3 Å². The molecule has 6 heteroatoms. The van der Waals surface area contributed by atoms with Crippen LogP contribution in [-0.4, -0.2) is 35.1 Å². The van der Waals surface area contributed by atoms with Crippen LogP contribution < -0.4 is 14.8 Å². The van der Waals surface area contributed by atoms with Gasteiger partial charge in [0.2, 0.25) is 12.7 Å². The number of amides is 1. The van der Waals surface area contributed by atoms with Gasteiger partial charge in [-0.25, -0.2) is 0 Å². The van der Waals surface area contributed by atoms with Gasteiger partial charge in [-0.2, -0.15) is 0 Å². The molecule has 0 saturated heterocycles. The second-order valence-corrected chi connectivity index (χ2v) is 13.6. The summed E-state index contributed by atoms with van der Waals surface area (Å²) in [6.07, 6.45) is 9.58. The number of benzene rings is 1. The molecule has 4 aliphatic carbocycles. The summed E-state index contributed by atoms with van der Waals surface area (Å²) < 4.78 is 10.8. The number of ether oxygens (including phenoxy) is 2. The van der Waals surface area contributed by atoms with Crippen molar-refractivity contribution < 1.29 is 24.5 Å². The summed E-state index contributed by atoms with van der Waals surface area (Å²) in [6, 6.07) is 5.54. The van der Waals surface area contributed by atoms with Gasteiger partial charge in [0, 0.05) is 18.2 Å². The molecule has 3 N–H and O–H groups in total. The molecule has 1 amide bonds. The summed E-state index contributed by atoms with van der Waals surface area (Å²) >= 11 is 0. The molecule has 1 aromatic rings. The van der Waals surface area contributed by atoms with Crippen molar-refractivity contribution in [3.63, 3.8) is 0 Å². The molecule has 1 aliphatic heterocycles. The van der Waals surface area contributed by atoms with Crippen LogP contribution in [0.2, 0.25) is 0 Å². The fraction of sp³-hybridized carbons (Fsp3) is 0.774. The maximum Gasteiger partial charge on any atom is 0.231 e. The van der Waals surface area contributed by atoms with Crippen LogP contribution >= 0.6 is 0 Å². The molecule has 0 aromatic heterocycles. The lowest BCUT2D eigenvalue weighted by atomic mass is 9.43. The Balaban J connectivity index is 1.09. The lowest BCUT2D eigenvalue weighted by Crippen LogP contribution is -2.58. The molecule has 4 fully saturated rings. The third-order valence-corrected chi connectivity index (χ3v) is 11.9. The van der Waals surface area contributed by atoms with E-state index in [1.807, 2.05) is 18.2 Å². The number of anilines is 1. The van der Waals surface area contributed by atoms with Gasteiger partial charge in [-0.15, -0.1) is 0 Å². The third-order valence-electron chi connectivity index (χ3n) is 11.9. The molecular weight excluding hydrogens is 466 g/mol. The minimum Gasteiger partial charge on any atom is -0.454 e. The van der Waals surface area contributed by atoms with Crippen LogP contribution in [-0.2, 0) is 4.79 Å². The first-order valence-corrected chi connectivity index (χ1v) is 14.7. The van der Waals surface area contributed by atoms with Crippen molar-refractivity contribution >= 4 is 11.6 Å². The van der Waals surface area contributed by atoms with E-state index in [0.717, 1.165) is 43.5 Å². The van der Waals surface area contributed by atoms with Crippen LogP contribution in [0.25, 0.3) is 0 Å². The zero-order valence-corrected chi connectivity index (χ0v) is 22.7. The van der Waals surface area contributed by atoms with Gasteiger partial charge in [0.15, 0.2) is 11.5 Å². The molecule has 0 spiro atoms. The molecule has 37 heavy (non-hydrogen) atoms. The van der Waals surface area contributed by atoms with Gasteiger partial charge in [0.05, 0.1) is 12.2 Å². The number of fused-ring (bicyclic) bond motifs is 6. The van der Waals surface area contributed by atoms with E-state index >= 15 is 0 Å². The standard InChI is InChI=1S/C31H45NO5/c1-18(4-9-28(35)32-20-5-8-26-27(16-20)37-17-36-26)22-6-7-23-29-24(11-13-31(22,23)3)30(2)12-10-21(33)14-19(30)15-25(29)34/h5,8,16,18-19,21-25,29,33-34H,4,6-7,9-15,17H2,1-3H3,(H,32,35)/t18-,19+,21-,22-,23+,24+,25+,29+,30+,31-/m1/s1. The van der Waals surface area contributed by atoms with Gasteiger partial charge in [-0.05, 0) is 116 Å². The molecule has 0 unspecified atom stereocenters. The number of hydrogen-bond donors (Lipinski definition) is 3. The monoisotopic (exact) mass is 511 g/mol. The maximum absolute atomic E-state index is 12.8. The average Bonchev–Trinajstić information content (AvgIpc) is 3.47. The molecular formula is C31H45NO5. The number of hydrogen-bond acceptors (Lipinski definition) is 5. The van der Waals surface area contributed by atoms with Crippen LogP contribution in [0.1, 0.15) is 85.0 Å². The van der Waals surface area contributed by atoms with Crippen LogP contribution in [0.15, 0.2) is 18.2 Å². The van der Waals surface area contributed by atoms with Crippen LogP contribution in [0.4, 0.5) is 5.69 Å². The number of carbonyl (C=O) groups excluding carboxylic acids is 1. The van der Waals surface area contributed by atoms with E-state index in [1.165, 1.54) is 25.7 Å². The summed E-state index contributed by atoms with van der Waals surface area (Å²) in [7, 11) is 0. The molecule has 204 valence electrons. The minimum absolute atomic E-state index is 0.0512. The zero-order valence-electron chi connectivity index (χ0n) is 22.7. The van der Waals surface area contributed by atoms with Gasteiger partial charge in [0.1, 0.15) is 0 Å². The average molecular weight is 512 g/mol. The maximum atomic E-state index is 12.8. The summed E-state index contributed by atoms with van der Waals surface area (Å²) in [5, 5.41) is 24.8. The number of nitrogens with one attached hydrogen (secondary N) is 1. The molecule has 10 atom stereocenters. The van der Waals surface area contributed by atoms with Crippen LogP contribution in [0.5, 0.6) is 11.5 Å². The SMILES string of the molecule is C[C@H](CCC(=O)Nc1ccc2c(c1)OCO2)[C@H]1CC[C@H]2[C@@H]3[C@@H](O)C[C@@H]4C[C@H](O)CC[C@]4(C)[C@H]3CC[C@]12C. The Bertz CT molecular complexity index is 1030. The zero-order chi connectivity index (χ0) is 25.9. The van der Waals surface area contributed by atoms with E-state index in [1.54, 1.807) is 0 Å². The van der Waals surface area contributed by atoms with E-state index in [0.29, 0.717) is 47.7 Å². The first-order valence-electron chi connectivity index (χ1n) is 14.7. The quantitative estimate of drug-likeness (QED) is 0.468. The summed E-state index contributed by atoms with van der Waals surface area (Å²) in [6.45, 7) is 7.55. The number of aliphatic hydroxyl groups is 2. The Hall–Kier alpha value is -1.79. The van der Waals surface area contributed by atoms with Crippen molar-refractivity contribution in [2.24, 2.45) is 46.3 Å². The van der Waals surface area contributed by atoms with Gasteiger partial charge < -0.3 is 25.0 Å². The van der Waals surface area contributed by atoms with E-state index in [2.05, 4.69) is 26.1 Å². The predicted octanol–water partition coefficient (Wildman–Crippen LogP) is 5.76. The Kier molecular flexibility index (Phi) is 6.50. The van der Waals surface area contributed by atoms with Gasteiger partial charge in [-0.1, -0.05) is 20.8 Å². The normalized spacial score (nSPS) is 42.9. The second-order valence-electron chi connectivity index (χ2n) is 13.6. The van der Waals surface area contributed by atoms with Crippen molar-refractivity contribution in [1.29, 1.82) is 0 Å². The molecule has 4 saturated carbocycles. The number of aliphatic hydroxyl groups excluding tert-OH is 2. The lowest BCUT2D eigenvalue weighted by Gasteiger charge is -2.62. The molecule has 0 radical (unpaired) electrons. The van der Waals surface area contributed by atoms with Crippen LogP contribution in [0.3, 0.4) is 0 Å². The molecule has 1 heterocycles. The number of carbonyl (C=O) groups is 1. The highest BCUT2D eigenvalue weighted by Crippen LogP contribution is 2.68. The van der Waals surface area contributed by atoms with Crippen molar-refractivity contribution in [3.05, 3.63) is 18.2 Å². The third kappa shape index (κ3) is 4.27. The fourth-order valence-electron chi connectivity index (χ4n) is 9.93. The van der Waals surface area contributed by atoms with Crippen molar-refractivity contribution in [2.75, 3.05) is 12.1 Å². The van der Waals surface area contributed by atoms with E-state index < -0.39 is 0 Å². The molecule has 6 nitrogen and oxygen atoms in total. The Morgan fingerprint density at radius 1 is 1.03 bits per heavy atom. The largest absolute Gasteiger partial charge is 0.454 e. The summed E-state index contributed by atoms with van der Waals surface area (Å²) in [5.41, 5.74) is 1.26. The minimum atomic E-state index is -0.237. The molecule has 6 rings (SSSR count). The van der Waals surface area contributed by atoms with E-state index in [4.69, 9.17) is 9.47 Å². The van der Waals surface area contributed by atoms with Gasteiger partial charge in [0.25, 0.3) is 0 Å². The number of rotatable bonds is 5. The smallest absolute Gasteiger partial charge is 0.231 e. The Labute approximate surface area is 221 Å². The highest BCUT2D eigenvalue weighted by molar-refractivity contribution is 5.91. The first kappa shape index (κ1) is 25.5. The van der Waals surface area contributed by atoms with Crippen molar-refractivity contribution in [3.8, 4) is 11.5 Å². The van der Waals surface area contributed by atoms with Crippen molar-refractivity contribution in [1.82, 2.24) is 0 Å².